The van der Waals surface area contributed by atoms with E-state index >= 15 is 0 Å². The first-order valence-corrected chi connectivity index (χ1v) is 8.42. The van der Waals surface area contributed by atoms with Crippen LogP contribution in [0.2, 0.25) is 0 Å². The number of carbonyl (C=O) groups excluding carboxylic acids is 2. The molecule has 0 aromatic heterocycles. The molecule has 0 bridgehead atoms. The SMILES string of the molecule is COc1cc(/C=N/NC(=O)CNC(=O)[C@@H]2COc3ccccc3O2)ccc1O. The number of aromatic hydroxyl groups is 1. The Morgan fingerprint density at radius 3 is 2.86 bits per heavy atom. The molecule has 146 valence electrons. The van der Waals surface area contributed by atoms with Gasteiger partial charge >= 0.3 is 0 Å². The molecule has 0 saturated carbocycles. The third-order valence-electron chi connectivity index (χ3n) is 3.83. The van der Waals surface area contributed by atoms with Gasteiger partial charge in [-0.05, 0) is 35.9 Å². The van der Waals surface area contributed by atoms with Crippen LogP contribution >= 0.6 is 0 Å². The maximum absolute atomic E-state index is 12.1. The molecule has 3 N–H and O–H groups in total. The molecule has 1 aliphatic rings. The number of hydrogen-bond donors (Lipinski definition) is 3. The highest BCUT2D eigenvalue weighted by Crippen LogP contribution is 2.30. The molecule has 0 aliphatic carbocycles. The number of nitrogens with zero attached hydrogens (tertiary/aromatic N) is 1. The maximum Gasteiger partial charge on any atom is 0.265 e. The third-order valence-corrected chi connectivity index (χ3v) is 3.83. The molecule has 1 heterocycles. The average Bonchev–Trinajstić information content (AvgIpc) is 2.72. The second kappa shape index (κ2) is 8.76. The number of nitrogens with one attached hydrogen (secondary N) is 2. The summed E-state index contributed by atoms with van der Waals surface area (Å²) in [4.78, 5) is 24.0. The van der Waals surface area contributed by atoms with Crippen LogP contribution in [0, 0.1) is 0 Å². The summed E-state index contributed by atoms with van der Waals surface area (Å²) in [7, 11) is 1.43. The Labute approximate surface area is 160 Å². The molecule has 9 nitrogen and oxygen atoms in total. The zero-order valence-corrected chi connectivity index (χ0v) is 15.0. The lowest BCUT2D eigenvalue weighted by Crippen LogP contribution is -2.46. The molecular weight excluding hydrogens is 366 g/mol. The highest BCUT2D eigenvalue weighted by molar-refractivity contribution is 5.88. The second-order valence-electron chi connectivity index (χ2n) is 5.81. The molecule has 1 atom stereocenters. The minimum Gasteiger partial charge on any atom is -0.504 e. The standard InChI is InChI=1S/C19H19N3O6/c1-26-16-8-12(6-7-13(16)23)9-21-22-18(24)10-20-19(25)17-11-27-14-4-2-3-5-15(14)28-17/h2-9,17,23H,10-11H2,1H3,(H,20,25)(H,22,24)/b21-9+/t17-/m0/s1. The minimum atomic E-state index is -0.837. The predicted octanol–water partition coefficient (Wildman–Crippen LogP) is 0.807. The lowest BCUT2D eigenvalue weighted by Gasteiger charge is -2.25. The normalized spacial score (nSPS) is 15.1. The molecule has 2 amide bonds. The summed E-state index contributed by atoms with van der Waals surface area (Å²) in [5.74, 6) is 0.378. The van der Waals surface area contributed by atoms with Crippen molar-refractivity contribution in [2.75, 3.05) is 20.3 Å². The second-order valence-corrected chi connectivity index (χ2v) is 5.81. The van der Waals surface area contributed by atoms with Gasteiger partial charge in [-0.3, -0.25) is 9.59 Å². The van der Waals surface area contributed by atoms with Crippen molar-refractivity contribution in [1.82, 2.24) is 10.7 Å². The molecule has 1 aliphatic heterocycles. The monoisotopic (exact) mass is 385 g/mol. The van der Waals surface area contributed by atoms with Crippen molar-refractivity contribution in [3.63, 3.8) is 0 Å². The third kappa shape index (κ3) is 4.70. The first-order chi connectivity index (χ1) is 13.6. The van der Waals surface area contributed by atoms with Crippen LogP contribution in [0.3, 0.4) is 0 Å². The number of carbonyl (C=O) groups is 2. The minimum absolute atomic E-state index is 0.00272. The summed E-state index contributed by atoms with van der Waals surface area (Å²) >= 11 is 0. The predicted molar refractivity (Wildman–Crippen MR) is 99.8 cm³/mol. The van der Waals surface area contributed by atoms with Gasteiger partial charge in [0.15, 0.2) is 23.0 Å². The van der Waals surface area contributed by atoms with E-state index in [1.54, 1.807) is 30.3 Å². The van der Waals surface area contributed by atoms with E-state index < -0.39 is 17.9 Å². The van der Waals surface area contributed by atoms with Crippen LogP contribution in [-0.4, -0.2) is 49.5 Å². The van der Waals surface area contributed by atoms with Crippen molar-refractivity contribution >= 4 is 18.0 Å². The van der Waals surface area contributed by atoms with Gasteiger partial charge < -0.3 is 24.6 Å². The molecular formula is C19H19N3O6. The first-order valence-electron chi connectivity index (χ1n) is 8.42. The summed E-state index contributed by atoms with van der Waals surface area (Å²) in [6.07, 6.45) is 0.548. The van der Waals surface area contributed by atoms with Gasteiger partial charge in [-0.25, -0.2) is 5.43 Å². The van der Waals surface area contributed by atoms with Crippen LogP contribution in [0.15, 0.2) is 47.6 Å². The van der Waals surface area contributed by atoms with Gasteiger partial charge in [0.25, 0.3) is 11.8 Å². The lowest BCUT2D eigenvalue weighted by atomic mass is 10.2. The van der Waals surface area contributed by atoms with Crippen LogP contribution < -0.4 is 25.0 Å². The van der Waals surface area contributed by atoms with Gasteiger partial charge in [0.1, 0.15) is 6.61 Å². The van der Waals surface area contributed by atoms with E-state index in [2.05, 4.69) is 15.8 Å². The fourth-order valence-corrected chi connectivity index (χ4v) is 2.42. The Hall–Kier alpha value is -3.75. The molecule has 2 aromatic carbocycles. The van der Waals surface area contributed by atoms with Gasteiger partial charge in [-0.15, -0.1) is 0 Å². The van der Waals surface area contributed by atoms with Gasteiger partial charge in [0.05, 0.1) is 19.9 Å². The number of hydrogen-bond acceptors (Lipinski definition) is 7. The number of phenols is 1. The van der Waals surface area contributed by atoms with E-state index in [0.29, 0.717) is 22.8 Å². The Bertz CT molecular complexity index is 899. The topological polar surface area (TPSA) is 118 Å². The zero-order valence-electron chi connectivity index (χ0n) is 15.0. The van der Waals surface area contributed by atoms with Crippen LogP contribution in [-0.2, 0) is 9.59 Å². The number of rotatable bonds is 6. The lowest BCUT2D eigenvalue weighted by molar-refractivity contribution is -0.132. The van der Waals surface area contributed by atoms with Crippen molar-refractivity contribution in [1.29, 1.82) is 0 Å². The molecule has 0 radical (unpaired) electrons. The molecule has 3 rings (SSSR count). The van der Waals surface area contributed by atoms with E-state index in [1.165, 1.54) is 19.4 Å². The van der Waals surface area contributed by atoms with Crippen molar-refractivity contribution in [3.8, 4) is 23.0 Å². The Morgan fingerprint density at radius 1 is 1.29 bits per heavy atom. The number of benzene rings is 2. The molecule has 0 spiro atoms. The highest BCUT2D eigenvalue weighted by atomic mass is 16.6. The number of methoxy groups -OCH3 is 1. The fourth-order valence-electron chi connectivity index (χ4n) is 2.42. The summed E-state index contributed by atoms with van der Waals surface area (Å²) in [5, 5.41) is 15.8. The highest BCUT2D eigenvalue weighted by Gasteiger charge is 2.27. The molecule has 2 aromatic rings. The van der Waals surface area contributed by atoms with E-state index in [9.17, 15) is 14.7 Å². The van der Waals surface area contributed by atoms with Crippen LogP contribution in [0.4, 0.5) is 0 Å². The Balaban J connectivity index is 1.45. The average molecular weight is 385 g/mol. The molecule has 0 fully saturated rings. The number of phenolic OH excluding ortho intramolecular Hbond substituents is 1. The largest absolute Gasteiger partial charge is 0.504 e. The van der Waals surface area contributed by atoms with Gasteiger partial charge in [-0.2, -0.15) is 5.10 Å². The molecule has 0 saturated heterocycles. The van der Waals surface area contributed by atoms with Crippen LogP contribution in [0.25, 0.3) is 0 Å². The first kappa shape index (κ1) is 19.0. The summed E-state index contributed by atoms with van der Waals surface area (Å²) in [6, 6.07) is 11.7. The quantitative estimate of drug-likeness (QED) is 0.500. The zero-order chi connectivity index (χ0) is 19.9. The Morgan fingerprint density at radius 2 is 2.07 bits per heavy atom. The van der Waals surface area contributed by atoms with Crippen LogP contribution in [0.5, 0.6) is 23.0 Å². The molecule has 0 unspecified atom stereocenters. The van der Waals surface area contributed by atoms with E-state index in [4.69, 9.17) is 14.2 Å². The van der Waals surface area contributed by atoms with Gasteiger partial charge in [-0.1, -0.05) is 12.1 Å². The van der Waals surface area contributed by atoms with Crippen molar-refractivity contribution in [2.45, 2.75) is 6.10 Å². The van der Waals surface area contributed by atoms with Crippen molar-refractivity contribution < 1.29 is 28.9 Å². The van der Waals surface area contributed by atoms with E-state index in [0.717, 1.165) is 0 Å². The summed E-state index contributed by atoms with van der Waals surface area (Å²) in [5.41, 5.74) is 2.91. The molecule has 28 heavy (non-hydrogen) atoms. The van der Waals surface area contributed by atoms with E-state index in [1.807, 2.05) is 6.07 Å². The number of amides is 2. The number of para-hydroxylation sites is 2. The van der Waals surface area contributed by atoms with Gasteiger partial charge in [0.2, 0.25) is 6.10 Å². The summed E-state index contributed by atoms with van der Waals surface area (Å²) in [6.45, 7) is -0.206. The van der Waals surface area contributed by atoms with Gasteiger partial charge in [0, 0.05) is 0 Å². The van der Waals surface area contributed by atoms with Crippen molar-refractivity contribution in [3.05, 3.63) is 48.0 Å². The van der Waals surface area contributed by atoms with Crippen molar-refractivity contribution in [2.24, 2.45) is 5.10 Å². The van der Waals surface area contributed by atoms with E-state index in [-0.39, 0.29) is 18.9 Å². The number of fused-ring (bicyclic) bond motifs is 1. The fraction of sp³-hybridized carbons (Fsp3) is 0.211. The molecule has 9 heteroatoms. The maximum atomic E-state index is 12.1. The summed E-state index contributed by atoms with van der Waals surface area (Å²) < 4.78 is 16.0. The van der Waals surface area contributed by atoms with Crippen LogP contribution in [0.1, 0.15) is 5.56 Å². The smallest absolute Gasteiger partial charge is 0.265 e. The number of hydrazone groups is 1. The Kier molecular flexibility index (Phi) is 5.95. The number of ether oxygens (including phenoxy) is 3.